The standard InChI is InChI=1S/C26H36N4O8S/c1-5-36-22-9-8-19(15-20(22)25(31)30-10-12-35-13-11-30)28-26(32)27-17-18-14-24(38-7-3)21(29-39(4,33)34)16-23(18)37-6-2/h8-9,14-16,29H,5-7,10-13,17H2,1-4H3,(H2,27,28,32). The molecule has 0 spiro atoms. The summed E-state index contributed by atoms with van der Waals surface area (Å²) in [6.07, 6.45) is 1.05. The highest BCUT2D eigenvalue weighted by Crippen LogP contribution is 2.34. The van der Waals surface area contributed by atoms with E-state index in [1.54, 1.807) is 43.0 Å². The molecular formula is C26H36N4O8S. The van der Waals surface area contributed by atoms with Crippen molar-refractivity contribution in [3.8, 4) is 17.2 Å². The quantitative estimate of drug-likeness (QED) is 0.357. The fourth-order valence-corrected chi connectivity index (χ4v) is 4.49. The van der Waals surface area contributed by atoms with Crippen LogP contribution < -0.4 is 29.6 Å². The van der Waals surface area contributed by atoms with Gasteiger partial charge in [0.05, 0.1) is 50.5 Å². The van der Waals surface area contributed by atoms with Crippen LogP contribution >= 0.6 is 0 Å². The van der Waals surface area contributed by atoms with Gasteiger partial charge in [-0.3, -0.25) is 9.52 Å². The van der Waals surface area contributed by atoms with Gasteiger partial charge in [-0.1, -0.05) is 0 Å². The van der Waals surface area contributed by atoms with Gasteiger partial charge >= 0.3 is 6.03 Å². The van der Waals surface area contributed by atoms with Crippen molar-refractivity contribution in [3.63, 3.8) is 0 Å². The third kappa shape index (κ3) is 8.65. The molecule has 1 fully saturated rings. The summed E-state index contributed by atoms with van der Waals surface area (Å²) in [5, 5.41) is 5.52. The number of sulfonamides is 1. The first kappa shape index (κ1) is 29.8. The summed E-state index contributed by atoms with van der Waals surface area (Å²) < 4.78 is 48.3. The number of urea groups is 1. The highest BCUT2D eigenvalue weighted by Gasteiger charge is 2.23. The van der Waals surface area contributed by atoms with Crippen molar-refractivity contribution in [2.45, 2.75) is 27.3 Å². The molecule has 0 bridgehead atoms. The first-order valence-corrected chi connectivity index (χ1v) is 14.6. The first-order valence-electron chi connectivity index (χ1n) is 12.7. The molecule has 3 amide bonds. The third-order valence-electron chi connectivity index (χ3n) is 5.56. The van der Waals surface area contributed by atoms with Crippen LogP contribution in [0.5, 0.6) is 17.2 Å². The Morgan fingerprint density at radius 2 is 1.56 bits per heavy atom. The number of carbonyl (C=O) groups is 2. The SMILES string of the molecule is CCOc1cc(NS(C)(=O)=O)c(OCC)cc1CNC(=O)Nc1ccc(OCC)c(C(=O)N2CCOCC2)c1. The van der Waals surface area contributed by atoms with E-state index in [2.05, 4.69) is 15.4 Å². The van der Waals surface area contributed by atoms with Crippen LogP contribution in [0.15, 0.2) is 30.3 Å². The maximum atomic E-state index is 13.1. The van der Waals surface area contributed by atoms with Gasteiger partial charge < -0.3 is 34.5 Å². The lowest BCUT2D eigenvalue weighted by Crippen LogP contribution is -2.40. The molecule has 1 aliphatic rings. The van der Waals surface area contributed by atoms with E-state index in [1.165, 1.54) is 6.07 Å². The van der Waals surface area contributed by atoms with Gasteiger partial charge in [0.25, 0.3) is 5.91 Å². The number of benzene rings is 2. The summed E-state index contributed by atoms with van der Waals surface area (Å²) in [6, 6.07) is 7.54. The lowest BCUT2D eigenvalue weighted by Gasteiger charge is -2.27. The topological polar surface area (TPSA) is 145 Å². The summed E-state index contributed by atoms with van der Waals surface area (Å²) in [6.45, 7) is 8.40. The molecule has 0 unspecified atom stereocenters. The fraction of sp³-hybridized carbons (Fsp3) is 0.462. The molecule has 2 aromatic carbocycles. The Balaban J connectivity index is 1.77. The number of anilines is 2. The van der Waals surface area contributed by atoms with E-state index in [-0.39, 0.29) is 18.1 Å². The van der Waals surface area contributed by atoms with Crippen LogP contribution in [-0.2, 0) is 21.3 Å². The van der Waals surface area contributed by atoms with E-state index in [9.17, 15) is 18.0 Å². The monoisotopic (exact) mass is 564 g/mol. The maximum Gasteiger partial charge on any atom is 0.319 e. The number of rotatable bonds is 12. The fourth-order valence-electron chi connectivity index (χ4n) is 3.93. The molecule has 0 atom stereocenters. The second-order valence-electron chi connectivity index (χ2n) is 8.55. The molecule has 1 heterocycles. The van der Waals surface area contributed by atoms with Crippen molar-refractivity contribution in [1.29, 1.82) is 0 Å². The zero-order valence-corrected chi connectivity index (χ0v) is 23.5. The van der Waals surface area contributed by atoms with E-state index < -0.39 is 16.1 Å². The largest absolute Gasteiger partial charge is 0.493 e. The van der Waals surface area contributed by atoms with Crippen molar-refractivity contribution in [2.24, 2.45) is 0 Å². The van der Waals surface area contributed by atoms with Crippen LogP contribution in [-0.4, -0.2) is 77.6 Å². The van der Waals surface area contributed by atoms with Crippen molar-refractivity contribution in [3.05, 3.63) is 41.5 Å². The zero-order valence-electron chi connectivity index (χ0n) is 22.7. The molecule has 0 aromatic heterocycles. The highest BCUT2D eigenvalue weighted by molar-refractivity contribution is 7.92. The molecule has 39 heavy (non-hydrogen) atoms. The van der Waals surface area contributed by atoms with E-state index in [0.717, 1.165) is 6.26 Å². The Morgan fingerprint density at radius 3 is 2.21 bits per heavy atom. The minimum Gasteiger partial charge on any atom is -0.493 e. The summed E-state index contributed by atoms with van der Waals surface area (Å²) in [7, 11) is -3.55. The number of carbonyl (C=O) groups excluding carboxylic acids is 2. The predicted molar refractivity (Wildman–Crippen MR) is 147 cm³/mol. The Labute approximate surface area is 229 Å². The predicted octanol–water partition coefficient (Wildman–Crippen LogP) is 3.05. The minimum absolute atomic E-state index is 0.0665. The molecular weight excluding hydrogens is 528 g/mol. The summed E-state index contributed by atoms with van der Waals surface area (Å²) >= 11 is 0. The van der Waals surface area contributed by atoms with Crippen LogP contribution in [0.1, 0.15) is 36.7 Å². The van der Waals surface area contributed by atoms with Gasteiger partial charge in [0, 0.05) is 37.0 Å². The number of nitrogens with zero attached hydrogens (tertiary/aromatic N) is 1. The maximum absolute atomic E-state index is 13.1. The molecule has 13 heteroatoms. The average Bonchev–Trinajstić information content (AvgIpc) is 2.90. The normalized spacial score (nSPS) is 13.4. The van der Waals surface area contributed by atoms with Crippen molar-refractivity contribution < 1.29 is 37.0 Å². The van der Waals surface area contributed by atoms with E-state index in [4.69, 9.17) is 18.9 Å². The number of nitrogens with one attached hydrogen (secondary N) is 3. The van der Waals surface area contributed by atoms with Crippen molar-refractivity contribution in [2.75, 3.05) is 62.4 Å². The molecule has 0 radical (unpaired) electrons. The van der Waals surface area contributed by atoms with Crippen molar-refractivity contribution in [1.82, 2.24) is 10.2 Å². The Morgan fingerprint density at radius 1 is 0.923 bits per heavy atom. The smallest absolute Gasteiger partial charge is 0.319 e. The van der Waals surface area contributed by atoms with Gasteiger partial charge in [0.2, 0.25) is 10.0 Å². The van der Waals surface area contributed by atoms with Gasteiger partial charge in [-0.05, 0) is 45.0 Å². The first-order chi connectivity index (χ1) is 18.6. The van der Waals surface area contributed by atoms with Crippen molar-refractivity contribution >= 4 is 33.3 Å². The zero-order chi connectivity index (χ0) is 28.4. The summed E-state index contributed by atoms with van der Waals surface area (Å²) in [4.78, 5) is 27.6. The molecule has 2 aromatic rings. The highest BCUT2D eigenvalue weighted by atomic mass is 32.2. The van der Waals surface area contributed by atoms with Crippen LogP contribution in [0.25, 0.3) is 0 Å². The molecule has 0 saturated carbocycles. The van der Waals surface area contributed by atoms with Crippen LogP contribution in [0, 0.1) is 0 Å². The van der Waals surface area contributed by atoms with Crippen LogP contribution in [0.3, 0.4) is 0 Å². The van der Waals surface area contributed by atoms with E-state index >= 15 is 0 Å². The number of hydrogen-bond donors (Lipinski definition) is 3. The molecule has 3 N–H and O–H groups in total. The summed E-state index contributed by atoms with van der Waals surface area (Å²) in [5.74, 6) is 0.944. The number of ether oxygens (including phenoxy) is 4. The number of hydrogen-bond acceptors (Lipinski definition) is 8. The molecule has 1 saturated heterocycles. The Bertz CT molecular complexity index is 1260. The van der Waals surface area contributed by atoms with Crippen LogP contribution in [0.4, 0.5) is 16.2 Å². The number of morpholine rings is 1. The molecule has 12 nitrogen and oxygen atoms in total. The van der Waals surface area contributed by atoms with E-state index in [1.807, 2.05) is 6.92 Å². The van der Waals surface area contributed by atoms with Gasteiger partial charge in [0.15, 0.2) is 0 Å². The second-order valence-corrected chi connectivity index (χ2v) is 10.3. The van der Waals surface area contributed by atoms with Crippen LogP contribution in [0.2, 0.25) is 0 Å². The van der Waals surface area contributed by atoms with Gasteiger partial charge in [-0.2, -0.15) is 0 Å². The summed E-state index contributed by atoms with van der Waals surface area (Å²) in [5.41, 5.74) is 1.60. The molecule has 3 rings (SSSR count). The minimum atomic E-state index is -3.55. The lowest BCUT2D eigenvalue weighted by molar-refractivity contribution is 0.0300. The van der Waals surface area contributed by atoms with E-state index in [0.29, 0.717) is 80.2 Å². The van der Waals surface area contributed by atoms with Gasteiger partial charge in [-0.25, -0.2) is 13.2 Å². The molecule has 1 aliphatic heterocycles. The Hall–Kier alpha value is -3.71. The van der Waals surface area contributed by atoms with Gasteiger partial charge in [0.1, 0.15) is 17.2 Å². The second kappa shape index (κ2) is 13.9. The molecule has 214 valence electrons. The Kier molecular flexibility index (Phi) is 10.6. The third-order valence-corrected chi connectivity index (χ3v) is 6.15. The average molecular weight is 565 g/mol. The lowest BCUT2D eigenvalue weighted by atomic mass is 10.1. The number of amides is 3. The molecule has 0 aliphatic carbocycles. The van der Waals surface area contributed by atoms with Gasteiger partial charge in [-0.15, -0.1) is 0 Å².